The average Bonchev–Trinajstić information content (AvgIpc) is 2.86. The van der Waals surface area contributed by atoms with Crippen LogP contribution in [0.4, 0.5) is 6.01 Å². The molecule has 1 fully saturated rings. The first-order chi connectivity index (χ1) is 7.79. The van der Waals surface area contributed by atoms with Gasteiger partial charge in [-0.2, -0.15) is 0 Å². The number of ether oxygens (including phenoxy) is 1. The van der Waals surface area contributed by atoms with Gasteiger partial charge in [-0.1, -0.05) is 5.10 Å². The smallest absolute Gasteiger partial charge is 0.322 e. The van der Waals surface area contributed by atoms with Crippen LogP contribution in [0.3, 0.4) is 0 Å². The number of nitrogens with one attached hydrogen (secondary N) is 2. The molecule has 1 aliphatic rings. The number of hydrogen-bond donors (Lipinski definition) is 2. The van der Waals surface area contributed by atoms with Gasteiger partial charge in [-0.05, 0) is 19.4 Å². The van der Waals surface area contributed by atoms with Crippen LogP contribution in [0.2, 0.25) is 0 Å². The van der Waals surface area contributed by atoms with Crippen LogP contribution in [0.5, 0.6) is 0 Å². The van der Waals surface area contributed by atoms with Crippen molar-refractivity contribution in [2.24, 2.45) is 0 Å². The Hall–Kier alpha value is -1.47. The minimum absolute atomic E-state index is 0.0284. The van der Waals surface area contributed by atoms with Gasteiger partial charge in [0.25, 0.3) is 5.91 Å². The molecule has 7 nitrogen and oxygen atoms in total. The quantitative estimate of drug-likeness (QED) is 0.755. The first-order valence-electron chi connectivity index (χ1n) is 5.15. The Morgan fingerprint density at radius 3 is 3.25 bits per heavy atom. The summed E-state index contributed by atoms with van der Waals surface area (Å²) < 4.78 is 9.98. The fraction of sp³-hybridized carbons (Fsp3) is 0.667. The maximum Gasteiger partial charge on any atom is 0.322 e. The lowest BCUT2D eigenvalue weighted by Crippen LogP contribution is -2.17. The highest BCUT2D eigenvalue weighted by Gasteiger charge is 2.22. The fourth-order valence-electron chi connectivity index (χ4n) is 1.61. The van der Waals surface area contributed by atoms with Crippen LogP contribution in [0.1, 0.15) is 24.8 Å². The SMILES string of the molecule is COCC(=O)Nc1nnc(C2CCCN2)o1. The minimum atomic E-state index is -0.308. The first kappa shape index (κ1) is 11.0. The van der Waals surface area contributed by atoms with Crippen molar-refractivity contribution in [3.8, 4) is 0 Å². The third-order valence-corrected chi connectivity index (χ3v) is 2.32. The number of methoxy groups -OCH3 is 1. The summed E-state index contributed by atoms with van der Waals surface area (Å²) in [6, 6.07) is 0.228. The Morgan fingerprint density at radius 2 is 2.56 bits per heavy atom. The van der Waals surface area contributed by atoms with Crippen LogP contribution < -0.4 is 10.6 Å². The van der Waals surface area contributed by atoms with Crippen LogP contribution in [0, 0.1) is 0 Å². The summed E-state index contributed by atoms with van der Waals surface area (Å²) in [6.45, 7) is 0.928. The molecule has 1 atom stereocenters. The van der Waals surface area contributed by atoms with E-state index in [4.69, 9.17) is 4.42 Å². The van der Waals surface area contributed by atoms with Crippen LogP contribution in [-0.2, 0) is 9.53 Å². The standard InChI is InChI=1S/C9H14N4O3/c1-15-5-7(14)11-9-13-12-8(16-9)6-3-2-4-10-6/h6,10H,2-5H2,1H3,(H,11,13,14). The van der Waals surface area contributed by atoms with E-state index < -0.39 is 0 Å². The molecule has 7 heteroatoms. The minimum Gasteiger partial charge on any atom is -0.406 e. The van der Waals surface area contributed by atoms with E-state index in [1.54, 1.807) is 0 Å². The molecule has 1 amide bonds. The Morgan fingerprint density at radius 1 is 1.69 bits per heavy atom. The van der Waals surface area contributed by atoms with E-state index in [1.807, 2.05) is 0 Å². The monoisotopic (exact) mass is 226 g/mol. The van der Waals surface area contributed by atoms with Crippen LogP contribution in [0.25, 0.3) is 0 Å². The molecule has 0 bridgehead atoms. The predicted octanol–water partition coefficient (Wildman–Crippen LogP) is 0.0790. The summed E-state index contributed by atoms with van der Waals surface area (Å²) in [5.41, 5.74) is 0. The molecule has 0 saturated carbocycles. The van der Waals surface area contributed by atoms with Gasteiger partial charge >= 0.3 is 6.01 Å². The van der Waals surface area contributed by atoms with Gasteiger partial charge < -0.3 is 14.5 Å². The molecular weight excluding hydrogens is 212 g/mol. The molecule has 2 N–H and O–H groups in total. The topological polar surface area (TPSA) is 89.3 Å². The van der Waals surface area contributed by atoms with Crippen molar-refractivity contribution in [2.45, 2.75) is 18.9 Å². The second kappa shape index (κ2) is 5.04. The summed E-state index contributed by atoms with van der Waals surface area (Å²) in [7, 11) is 1.45. The molecule has 1 aromatic rings. The molecule has 0 spiro atoms. The van der Waals surface area contributed by atoms with E-state index in [9.17, 15) is 4.79 Å². The fourth-order valence-corrected chi connectivity index (χ4v) is 1.61. The summed E-state index contributed by atoms with van der Waals surface area (Å²) in [5, 5.41) is 13.3. The lowest BCUT2D eigenvalue weighted by atomic mass is 10.2. The Kier molecular flexibility index (Phi) is 3.47. The highest BCUT2D eigenvalue weighted by Crippen LogP contribution is 2.22. The number of amides is 1. The number of carbonyl (C=O) groups excluding carboxylic acids is 1. The van der Waals surface area contributed by atoms with E-state index in [1.165, 1.54) is 7.11 Å². The van der Waals surface area contributed by atoms with Gasteiger partial charge in [-0.15, -0.1) is 5.10 Å². The maximum atomic E-state index is 11.2. The third kappa shape index (κ3) is 2.56. The first-order valence-corrected chi connectivity index (χ1v) is 5.15. The lowest BCUT2D eigenvalue weighted by molar-refractivity contribution is -0.119. The zero-order valence-corrected chi connectivity index (χ0v) is 9.02. The second-order valence-electron chi connectivity index (χ2n) is 3.58. The van der Waals surface area contributed by atoms with Crippen LogP contribution >= 0.6 is 0 Å². The Balaban J connectivity index is 1.93. The van der Waals surface area contributed by atoms with Gasteiger partial charge in [0.15, 0.2) is 0 Å². The zero-order valence-electron chi connectivity index (χ0n) is 9.02. The summed E-state index contributed by atoms with van der Waals surface area (Å²) in [4.78, 5) is 11.2. The highest BCUT2D eigenvalue weighted by atomic mass is 16.5. The highest BCUT2D eigenvalue weighted by molar-refractivity contribution is 5.89. The average molecular weight is 226 g/mol. The van der Waals surface area contributed by atoms with Crippen molar-refractivity contribution >= 4 is 11.9 Å². The van der Waals surface area contributed by atoms with Crippen molar-refractivity contribution in [1.82, 2.24) is 15.5 Å². The molecule has 1 aliphatic heterocycles. The maximum absolute atomic E-state index is 11.2. The van der Waals surface area contributed by atoms with Crippen molar-refractivity contribution < 1.29 is 13.9 Å². The summed E-state index contributed by atoms with van der Waals surface area (Å²) >= 11 is 0. The van der Waals surface area contributed by atoms with Gasteiger partial charge in [-0.3, -0.25) is 10.1 Å². The number of hydrogen-bond acceptors (Lipinski definition) is 6. The molecule has 2 rings (SSSR count). The van der Waals surface area contributed by atoms with E-state index in [0.717, 1.165) is 19.4 Å². The largest absolute Gasteiger partial charge is 0.406 e. The summed E-state index contributed by atoms with van der Waals surface area (Å²) in [6.07, 6.45) is 2.08. The van der Waals surface area contributed by atoms with Crippen LogP contribution in [-0.4, -0.2) is 36.4 Å². The molecule has 0 aromatic carbocycles. The predicted molar refractivity (Wildman–Crippen MR) is 54.8 cm³/mol. The molecule has 1 aromatic heterocycles. The molecule has 0 aliphatic carbocycles. The molecule has 88 valence electrons. The molecule has 16 heavy (non-hydrogen) atoms. The van der Waals surface area contributed by atoms with Gasteiger partial charge in [0.2, 0.25) is 5.89 Å². The molecule has 0 radical (unpaired) electrons. The Bertz CT molecular complexity index is 359. The number of rotatable bonds is 4. The van der Waals surface area contributed by atoms with E-state index in [0.29, 0.717) is 5.89 Å². The van der Waals surface area contributed by atoms with E-state index in [2.05, 4.69) is 25.6 Å². The third-order valence-electron chi connectivity index (χ3n) is 2.32. The molecule has 2 heterocycles. The van der Waals surface area contributed by atoms with E-state index >= 15 is 0 Å². The molecule has 1 saturated heterocycles. The number of carbonyl (C=O) groups is 1. The van der Waals surface area contributed by atoms with Crippen molar-refractivity contribution in [3.05, 3.63) is 5.89 Å². The molecular formula is C9H14N4O3. The Labute approximate surface area is 92.6 Å². The van der Waals surface area contributed by atoms with E-state index in [-0.39, 0.29) is 24.6 Å². The zero-order chi connectivity index (χ0) is 11.4. The lowest BCUT2D eigenvalue weighted by Gasteiger charge is -2.02. The van der Waals surface area contributed by atoms with Crippen molar-refractivity contribution in [2.75, 3.05) is 25.6 Å². The number of anilines is 1. The van der Waals surface area contributed by atoms with Crippen LogP contribution in [0.15, 0.2) is 4.42 Å². The van der Waals surface area contributed by atoms with Gasteiger partial charge in [0, 0.05) is 7.11 Å². The summed E-state index contributed by atoms with van der Waals surface area (Å²) in [5.74, 6) is 0.210. The van der Waals surface area contributed by atoms with Gasteiger partial charge in [0.1, 0.15) is 6.61 Å². The van der Waals surface area contributed by atoms with Crippen molar-refractivity contribution in [3.63, 3.8) is 0 Å². The molecule has 1 unspecified atom stereocenters. The van der Waals surface area contributed by atoms with Gasteiger partial charge in [0.05, 0.1) is 6.04 Å². The second-order valence-corrected chi connectivity index (χ2v) is 3.58. The van der Waals surface area contributed by atoms with Crippen molar-refractivity contribution in [1.29, 1.82) is 0 Å². The normalized spacial score (nSPS) is 19.9. The number of aromatic nitrogens is 2. The number of nitrogens with zero attached hydrogens (tertiary/aromatic N) is 2. The van der Waals surface area contributed by atoms with Gasteiger partial charge in [-0.25, -0.2) is 0 Å².